The van der Waals surface area contributed by atoms with E-state index in [2.05, 4.69) is 10.6 Å². The molecule has 1 aromatic carbocycles. The largest absolute Gasteiger partial charge is 0.497 e. The van der Waals surface area contributed by atoms with Crippen molar-refractivity contribution in [2.75, 3.05) is 13.7 Å². The van der Waals surface area contributed by atoms with Gasteiger partial charge >= 0.3 is 12.2 Å². The van der Waals surface area contributed by atoms with Gasteiger partial charge in [-0.25, -0.2) is 4.79 Å². The summed E-state index contributed by atoms with van der Waals surface area (Å²) in [5.41, 5.74) is 0.922. The molecule has 140 valence electrons. The van der Waals surface area contributed by atoms with E-state index in [9.17, 15) is 18.0 Å². The van der Waals surface area contributed by atoms with E-state index >= 15 is 0 Å². The molecule has 1 fully saturated rings. The van der Waals surface area contributed by atoms with Gasteiger partial charge in [0.2, 0.25) is 0 Å². The number of hydrogen-bond acceptors (Lipinski definition) is 3. The summed E-state index contributed by atoms with van der Waals surface area (Å²) in [6.07, 6.45) is -2.35. The minimum absolute atomic E-state index is 0.178. The van der Waals surface area contributed by atoms with Crippen LogP contribution in [0.5, 0.6) is 5.75 Å². The number of hydrogen-bond donors (Lipinski definition) is 2. The lowest BCUT2D eigenvalue weighted by molar-refractivity contribution is -0.188. The highest BCUT2D eigenvalue weighted by Crippen LogP contribution is 2.24. The Morgan fingerprint density at radius 1 is 1.24 bits per heavy atom. The first-order chi connectivity index (χ1) is 11.9. The monoisotopic (exact) mass is 360 g/mol. The third-order valence-corrected chi connectivity index (χ3v) is 4.06. The van der Waals surface area contributed by atoms with Crippen molar-refractivity contribution in [2.45, 2.75) is 50.6 Å². The number of ether oxygens (including phenoxy) is 2. The average molecular weight is 360 g/mol. The number of amides is 2. The van der Waals surface area contributed by atoms with Crippen molar-refractivity contribution in [3.8, 4) is 5.75 Å². The molecule has 0 spiro atoms. The Balaban J connectivity index is 1.71. The Labute approximate surface area is 144 Å². The molecule has 2 amide bonds. The van der Waals surface area contributed by atoms with Gasteiger partial charge < -0.3 is 20.1 Å². The Hall–Kier alpha value is -1.96. The number of halogens is 3. The van der Waals surface area contributed by atoms with Gasteiger partial charge in [-0.3, -0.25) is 0 Å². The fraction of sp³-hybridized carbons (Fsp3) is 0.588. The number of carbonyl (C=O) groups is 1. The van der Waals surface area contributed by atoms with Gasteiger partial charge in [0.05, 0.1) is 13.2 Å². The molecule has 2 rings (SSSR count). The molecule has 0 saturated heterocycles. The van der Waals surface area contributed by atoms with Gasteiger partial charge in [-0.15, -0.1) is 0 Å². The summed E-state index contributed by atoms with van der Waals surface area (Å²) >= 11 is 0. The van der Waals surface area contributed by atoms with Crippen LogP contribution in [0.1, 0.15) is 31.2 Å². The summed E-state index contributed by atoms with van der Waals surface area (Å²) < 4.78 is 46.6. The first kappa shape index (κ1) is 19.4. The molecule has 0 radical (unpaired) electrons. The van der Waals surface area contributed by atoms with E-state index < -0.39 is 18.9 Å². The van der Waals surface area contributed by atoms with Crippen LogP contribution in [0.4, 0.5) is 18.0 Å². The molecule has 0 unspecified atom stereocenters. The minimum Gasteiger partial charge on any atom is -0.497 e. The van der Waals surface area contributed by atoms with E-state index in [-0.39, 0.29) is 12.1 Å². The summed E-state index contributed by atoms with van der Waals surface area (Å²) in [7, 11) is 1.58. The standard InChI is InChI=1S/C17H23F3N2O3/c1-24-14-7-5-12(6-8-14)10-21-16(23)22-13-3-2-4-15(9-13)25-11-17(18,19)20/h5-8,13,15H,2-4,9-11H2,1H3,(H2,21,22,23)/t13-,15-/m1/s1. The van der Waals surface area contributed by atoms with Crippen LogP contribution in [-0.4, -0.2) is 38.1 Å². The molecule has 1 aromatic rings. The van der Waals surface area contributed by atoms with Crippen molar-refractivity contribution in [1.29, 1.82) is 0 Å². The predicted molar refractivity (Wildman–Crippen MR) is 86.4 cm³/mol. The maximum absolute atomic E-state index is 12.2. The molecule has 2 atom stereocenters. The van der Waals surface area contributed by atoms with Gasteiger partial charge in [-0.05, 0) is 43.4 Å². The van der Waals surface area contributed by atoms with Crippen LogP contribution in [0.3, 0.4) is 0 Å². The zero-order chi connectivity index (χ0) is 18.3. The van der Waals surface area contributed by atoms with Crippen molar-refractivity contribution >= 4 is 6.03 Å². The van der Waals surface area contributed by atoms with Crippen molar-refractivity contribution in [2.24, 2.45) is 0 Å². The molecule has 0 aromatic heterocycles. The second kappa shape index (κ2) is 8.94. The number of carbonyl (C=O) groups excluding carboxylic acids is 1. The van der Waals surface area contributed by atoms with Crippen molar-refractivity contribution in [3.63, 3.8) is 0 Å². The predicted octanol–water partition coefficient (Wildman–Crippen LogP) is 3.38. The lowest BCUT2D eigenvalue weighted by Gasteiger charge is -2.30. The van der Waals surface area contributed by atoms with Gasteiger partial charge in [0.1, 0.15) is 12.4 Å². The van der Waals surface area contributed by atoms with Crippen LogP contribution >= 0.6 is 0 Å². The third-order valence-electron chi connectivity index (χ3n) is 4.06. The van der Waals surface area contributed by atoms with Gasteiger partial charge in [0.25, 0.3) is 0 Å². The van der Waals surface area contributed by atoms with Gasteiger partial charge in [0.15, 0.2) is 0 Å². The number of benzene rings is 1. The first-order valence-electron chi connectivity index (χ1n) is 8.21. The second-order valence-corrected chi connectivity index (χ2v) is 6.09. The SMILES string of the molecule is COc1ccc(CNC(=O)N[C@@H]2CCC[C@@H](OCC(F)(F)F)C2)cc1. The number of alkyl halides is 3. The molecule has 25 heavy (non-hydrogen) atoms. The van der Waals surface area contributed by atoms with E-state index in [4.69, 9.17) is 9.47 Å². The second-order valence-electron chi connectivity index (χ2n) is 6.09. The van der Waals surface area contributed by atoms with Crippen LogP contribution in [0.15, 0.2) is 24.3 Å². The fourth-order valence-electron chi connectivity index (χ4n) is 2.80. The number of rotatable bonds is 6. The van der Waals surface area contributed by atoms with E-state index in [1.807, 2.05) is 12.1 Å². The quantitative estimate of drug-likeness (QED) is 0.818. The molecule has 1 saturated carbocycles. The minimum atomic E-state index is -4.32. The topological polar surface area (TPSA) is 59.6 Å². The highest BCUT2D eigenvalue weighted by molar-refractivity contribution is 5.74. The molecule has 1 aliphatic rings. The highest BCUT2D eigenvalue weighted by atomic mass is 19.4. The van der Waals surface area contributed by atoms with Crippen LogP contribution in [0, 0.1) is 0 Å². The maximum Gasteiger partial charge on any atom is 0.411 e. The smallest absolute Gasteiger partial charge is 0.411 e. The first-order valence-corrected chi connectivity index (χ1v) is 8.21. The van der Waals surface area contributed by atoms with Gasteiger partial charge in [-0.2, -0.15) is 13.2 Å². The molecule has 1 aliphatic carbocycles. The lowest BCUT2D eigenvalue weighted by atomic mass is 9.93. The number of urea groups is 1. The lowest BCUT2D eigenvalue weighted by Crippen LogP contribution is -2.45. The fourth-order valence-corrected chi connectivity index (χ4v) is 2.80. The molecular formula is C17H23F3N2O3. The Bertz CT molecular complexity index is 549. The molecule has 8 heteroatoms. The summed E-state index contributed by atoms with van der Waals surface area (Å²) in [6.45, 7) is -0.884. The molecule has 0 aliphatic heterocycles. The Kier molecular flexibility index (Phi) is 6.92. The summed E-state index contributed by atoms with van der Waals surface area (Å²) in [5, 5.41) is 5.55. The third kappa shape index (κ3) is 7.21. The Morgan fingerprint density at radius 2 is 1.96 bits per heavy atom. The van der Waals surface area contributed by atoms with Crippen LogP contribution < -0.4 is 15.4 Å². The average Bonchev–Trinajstić information content (AvgIpc) is 2.58. The van der Waals surface area contributed by atoms with E-state index in [0.717, 1.165) is 24.2 Å². The maximum atomic E-state index is 12.2. The van der Waals surface area contributed by atoms with Gasteiger partial charge in [-0.1, -0.05) is 12.1 Å². The zero-order valence-corrected chi connectivity index (χ0v) is 14.1. The molecule has 0 bridgehead atoms. The van der Waals surface area contributed by atoms with Crippen molar-refractivity contribution < 1.29 is 27.4 Å². The molecular weight excluding hydrogens is 337 g/mol. The summed E-state index contributed by atoms with van der Waals surface area (Å²) in [4.78, 5) is 12.0. The van der Waals surface area contributed by atoms with Crippen LogP contribution in [0.2, 0.25) is 0 Å². The molecule has 2 N–H and O–H groups in total. The molecule has 5 nitrogen and oxygen atoms in total. The van der Waals surface area contributed by atoms with Crippen LogP contribution in [0.25, 0.3) is 0 Å². The summed E-state index contributed by atoms with van der Waals surface area (Å²) in [6, 6.07) is 6.79. The number of nitrogens with one attached hydrogen (secondary N) is 2. The normalized spacial score (nSPS) is 20.8. The van der Waals surface area contributed by atoms with Crippen LogP contribution in [-0.2, 0) is 11.3 Å². The summed E-state index contributed by atoms with van der Waals surface area (Å²) in [5.74, 6) is 0.736. The van der Waals surface area contributed by atoms with Crippen molar-refractivity contribution in [1.82, 2.24) is 10.6 Å². The van der Waals surface area contributed by atoms with Crippen molar-refractivity contribution in [3.05, 3.63) is 29.8 Å². The van der Waals surface area contributed by atoms with E-state index in [1.165, 1.54) is 0 Å². The number of methoxy groups -OCH3 is 1. The van der Waals surface area contributed by atoms with Gasteiger partial charge in [0, 0.05) is 12.6 Å². The molecule has 0 heterocycles. The van der Waals surface area contributed by atoms with E-state index in [0.29, 0.717) is 19.4 Å². The zero-order valence-electron chi connectivity index (χ0n) is 14.1. The van der Waals surface area contributed by atoms with E-state index in [1.54, 1.807) is 19.2 Å². The highest BCUT2D eigenvalue weighted by Gasteiger charge is 2.31. The Morgan fingerprint density at radius 3 is 2.60 bits per heavy atom.